The molecule has 2 fully saturated rings. The summed E-state index contributed by atoms with van der Waals surface area (Å²) in [4.78, 5) is 10.9. The predicted molar refractivity (Wildman–Crippen MR) is 93.1 cm³/mol. The molecule has 5 unspecified atom stereocenters. The topological polar surface area (TPSA) is 43.1 Å². The summed E-state index contributed by atoms with van der Waals surface area (Å²) in [6, 6.07) is 10.5. The molecule has 4 heteroatoms. The number of nitro groups is 1. The van der Waals surface area contributed by atoms with E-state index in [1.807, 2.05) is 13.0 Å². The lowest BCUT2D eigenvalue weighted by Gasteiger charge is -2.18. The summed E-state index contributed by atoms with van der Waals surface area (Å²) in [7, 11) is 0. The maximum atomic E-state index is 13.6. The van der Waals surface area contributed by atoms with Crippen molar-refractivity contribution in [3.63, 3.8) is 0 Å². The summed E-state index contributed by atoms with van der Waals surface area (Å²) in [6.45, 7) is 4.20. The maximum absolute atomic E-state index is 13.6. The summed E-state index contributed by atoms with van der Waals surface area (Å²) >= 11 is 0. The molecule has 5 rings (SSSR count). The Bertz CT molecular complexity index is 924. The average molecular weight is 337 g/mol. The molecule has 0 N–H and O–H groups in total. The van der Waals surface area contributed by atoms with E-state index in [2.05, 4.69) is 6.92 Å². The van der Waals surface area contributed by atoms with Crippen molar-refractivity contribution < 1.29 is 9.31 Å². The third kappa shape index (κ3) is 1.91. The van der Waals surface area contributed by atoms with E-state index in [1.54, 1.807) is 24.3 Å². The van der Waals surface area contributed by atoms with Gasteiger partial charge in [-0.1, -0.05) is 19.1 Å². The van der Waals surface area contributed by atoms with Gasteiger partial charge in [0.25, 0.3) is 5.69 Å². The van der Waals surface area contributed by atoms with Gasteiger partial charge in [0.15, 0.2) is 0 Å². The van der Waals surface area contributed by atoms with E-state index in [-0.39, 0.29) is 21.8 Å². The highest BCUT2D eigenvalue weighted by molar-refractivity contribution is 5.58. The number of rotatable bonds is 3. The van der Waals surface area contributed by atoms with Crippen LogP contribution in [0.15, 0.2) is 36.4 Å². The predicted octanol–water partition coefficient (Wildman–Crippen LogP) is 5.12. The van der Waals surface area contributed by atoms with Crippen molar-refractivity contribution >= 4 is 5.69 Å². The van der Waals surface area contributed by atoms with Gasteiger partial charge in [-0.15, -0.1) is 0 Å². The van der Waals surface area contributed by atoms with Crippen LogP contribution in [0.4, 0.5) is 10.1 Å². The van der Waals surface area contributed by atoms with Gasteiger partial charge in [-0.25, -0.2) is 4.39 Å². The third-order valence-corrected chi connectivity index (χ3v) is 6.93. The van der Waals surface area contributed by atoms with Crippen molar-refractivity contribution in [2.75, 3.05) is 0 Å². The molecule has 5 atom stereocenters. The van der Waals surface area contributed by atoms with Crippen LogP contribution in [0.25, 0.3) is 0 Å². The summed E-state index contributed by atoms with van der Waals surface area (Å²) < 4.78 is 13.6. The fraction of sp³-hybridized carbons (Fsp3) is 0.429. The zero-order valence-corrected chi connectivity index (χ0v) is 14.3. The molecule has 0 heterocycles. The minimum absolute atomic E-state index is 0.171. The third-order valence-electron chi connectivity index (χ3n) is 6.93. The quantitative estimate of drug-likeness (QED) is 0.576. The molecule has 3 aliphatic rings. The Morgan fingerprint density at radius 2 is 2.12 bits per heavy atom. The molecular weight excluding hydrogens is 317 g/mol. The number of aryl methyl sites for hydroxylation is 1. The molecule has 128 valence electrons. The fourth-order valence-corrected chi connectivity index (χ4v) is 5.83. The van der Waals surface area contributed by atoms with Gasteiger partial charge >= 0.3 is 0 Å². The molecule has 0 amide bonds. The first kappa shape index (κ1) is 15.1. The Morgan fingerprint density at radius 1 is 1.32 bits per heavy atom. The van der Waals surface area contributed by atoms with Gasteiger partial charge in [-0.3, -0.25) is 10.1 Å². The van der Waals surface area contributed by atoms with Crippen LogP contribution in [0, 0.1) is 40.1 Å². The van der Waals surface area contributed by atoms with Crippen LogP contribution in [0.3, 0.4) is 0 Å². The normalized spacial score (nSPS) is 33.9. The highest BCUT2D eigenvalue weighted by atomic mass is 19.1. The number of nitro benzene ring substituents is 1. The molecule has 0 aliphatic heterocycles. The first-order chi connectivity index (χ1) is 11.9. The Kier molecular flexibility index (Phi) is 2.82. The van der Waals surface area contributed by atoms with Gasteiger partial charge in [0.2, 0.25) is 0 Å². The van der Waals surface area contributed by atoms with Crippen LogP contribution in [0.5, 0.6) is 0 Å². The number of hydrogen-bond acceptors (Lipinski definition) is 2. The Morgan fingerprint density at radius 3 is 2.84 bits per heavy atom. The second-order valence-electron chi connectivity index (χ2n) is 8.19. The zero-order valence-electron chi connectivity index (χ0n) is 14.3. The number of fused-ring (bicyclic) bond motifs is 4. The monoisotopic (exact) mass is 337 g/mol. The smallest absolute Gasteiger partial charge is 0.258 e. The van der Waals surface area contributed by atoms with Gasteiger partial charge in [-0.2, -0.15) is 0 Å². The molecule has 3 aliphatic carbocycles. The largest absolute Gasteiger partial charge is 0.269 e. The van der Waals surface area contributed by atoms with E-state index in [9.17, 15) is 14.5 Å². The van der Waals surface area contributed by atoms with E-state index >= 15 is 0 Å². The lowest BCUT2D eigenvalue weighted by molar-refractivity contribution is -0.385. The minimum Gasteiger partial charge on any atom is -0.258 e. The number of hydrogen-bond donors (Lipinski definition) is 0. The molecule has 0 spiro atoms. The summed E-state index contributed by atoms with van der Waals surface area (Å²) in [6.07, 6.45) is 2.01. The number of non-ortho nitro benzene ring substituents is 1. The lowest BCUT2D eigenvalue weighted by Crippen LogP contribution is -2.10. The van der Waals surface area contributed by atoms with E-state index in [4.69, 9.17) is 0 Å². The van der Waals surface area contributed by atoms with Crippen LogP contribution < -0.4 is 0 Å². The summed E-state index contributed by atoms with van der Waals surface area (Å²) in [5.74, 6) is 2.04. The number of halogens is 1. The molecule has 25 heavy (non-hydrogen) atoms. The van der Waals surface area contributed by atoms with Gasteiger partial charge in [0, 0.05) is 12.1 Å². The first-order valence-corrected chi connectivity index (χ1v) is 8.96. The van der Waals surface area contributed by atoms with Crippen LogP contribution in [-0.4, -0.2) is 4.92 Å². The molecule has 0 radical (unpaired) electrons. The molecule has 3 nitrogen and oxygen atoms in total. The van der Waals surface area contributed by atoms with Crippen molar-refractivity contribution in [3.8, 4) is 0 Å². The maximum Gasteiger partial charge on any atom is 0.269 e. The number of nitrogens with zero attached hydrogens (tertiary/aromatic N) is 1. The molecule has 0 aromatic heterocycles. The Balaban J connectivity index is 1.55. The number of benzene rings is 2. The van der Waals surface area contributed by atoms with Gasteiger partial charge < -0.3 is 0 Å². The summed E-state index contributed by atoms with van der Waals surface area (Å²) in [5.41, 5.74) is 5.11. The first-order valence-electron chi connectivity index (χ1n) is 8.96. The van der Waals surface area contributed by atoms with Gasteiger partial charge in [-0.05, 0) is 83.2 Å². The highest BCUT2D eigenvalue weighted by Gasteiger charge is 2.86. The second kappa shape index (κ2) is 4.69. The van der Waals surface area contributed by atoms with E-state index < -0.39 is 0 Å². The molecule has 2 aromatic rings. The van der Waals surface area contributed by atoms with Crippen molar-refractivity contribution in [1.82, 2.24) is 0 Å². The Labute approximate surface area is 146 Å². The SMILES string of the molecule is Cc1cc([N+](=O)[O-])cc2c1C1C3C(CC2C)C13Cc1cccc(F)c1. The zero-order chi connectivity index (χ0) is 17.5. The fourth-order valence-electron chi connectivity index (χ4n) is 5.83. The van der Waals surface area contributed by atoms with Crippen molar-refractivity contribution in [2.45, 2.75) is 38.5 Å². The lowest BCUT2D eigenvalue weighted by atomic mass is 9.85. The van der Waals surface area contributed by atoms with Crippen LogP contribution in [0.2, 0.25) is 0 Å². The average Bonchev–Trinajstić information content (AvgIpc) is 3.40. The molecule has 2 saturated carbocycles. The van der Waals surface area contributed by atoms with E-state index in [1.165, 1.54) is 17.2 Å². The Hall–Kier alpha value is -2.23. The van der Waals surface area contributed by atoms with Crippen molar-refractivity contribution in [3.05, 3.63) is 74.6 Å². The van der Waals surface area contributed by atoms with E-state index in [0.717, 1.165) is 24.0 Å². The van der Waals surface area contributed by atoms with Crippen molar-refractivity contribution in [1.29, 1.82) is 0 Å². The van der Waals surface area contributed by atoms with E-state index in [0.29, 0.717) is 23.7 Å². The van der Waals surface area contributed by atoms with Crippen LogP contribution in [0.1, 0.15) is 47.4 Å². The summed E-state index contributed by atoms with van der Waals surface area (Å²) in [5, 5.41) is 11.2. The standard InChI is InChI=1S/C21H20FNO2/c1-11-7-17-19-20(18-12(2)6-15(23(24)25)9-16(11)18)21(17,19)10-13-4-3-5-14(22)8-13/h3-6,8-9,11,17,19-20H,7,10H2,1-2H3. The van der Waals surface area contributed by atoms with Crippen LogP contribution in [-0.2, 0) is 6.42 Å². The molecule has 0 bridgehead atoms. The molecule has 0 saturated heterocycles. The van der Waals surface area contributed by atoms with Crippen molar-refractivity contribution in [2.24, 2.45) is 17.3 Å². The second-order valence-corrected chi connectivity index (χ2v) is 8.19. The minimum atomic E-state index is -0.287. The highest BCUT2D eigenvalue weighted by Crippen LogP contribution is 2.91. The van der Waals surface area contributed by atoms with Gasteiger partial charge in [0.05, 0.1) is 4.92 Å². The molecular formula is C21H20FNO2. The van der Waals surface area contributed by atoms with Crippen LogP contribution >= 0.6 is 0 Å². The van der Waals surface area contributed by atoms with Gasteiger partial charge in [0.1, 0.15) is 5.82 Å². The molecule has 2 aromatic carbocycles.